The molecule has 2 aliphatic rings. The second-order valence-electron chi connectivity index (χ2n) is 9.39. The smallest absolute Gasteiger partial charge is 0.407 e. The molecule has 39 heavy (non-hydrogen) atoms. The van der Waals surface area contributed by atoms with Crippen molar-refractivity contribution in [3.05, 3.63) is 29.7 Å². The minimum absolute atomic E-state index is 0.0361. The van der Waals surface area contributed by atoms with E-state index in [9.17, 15) is 24.3 Å². The van der Waals surface area contributed by atoms with Gasteiger partial charge in [-0.1, -0.05) is 6.07 Å². The maximum Gasteiger partial charge on any atom is 0.407 e. The second-order valence-corrected chi connectivity index (χ2v) is 9.39. The summed E-state index contributed by atoms with van der Waals surface area (Å²) in [7, 11) is 3.34. The molecule has 1 aromatic carbocycles. The van der Waals surface area contributed by atoms with E-state index in [0.29, 0.717) is 0 Å². The summed E-state index contributed by atoms with van der Waals surface area (Å²) in [5.74, 6) is -1.24. The molecule has 1 aromatic heterocycles. The molecule has 2 aromatic rings. The van der Waals surface area contributed by atoms with E-state index < -0.39 is 23.9 Å². The number of likely N-dealkylation sites (N-methyl/N-ethyl adjacent to an activating group) is 1. The Kier molecular flexibility index (Phi) is 8.50. The number of amides is 2. The van der Waals surface area contributed by atoms with Crippen molar-refractivity contribution in [3.8, 4) is 17.8 Å². The SMILES string of the molecule is COc1cccc(F)c1NC(=O)c1nc(OC[C@@H]2CCCN2C)nc(N2CCN(C(=O)O)[C@@H](CC#N)C2)c1N. The average Bonchev–Trinajstić information content (AvgIpc) is 3.33. The number of carbonyl (C=O) groups is 2. The molecular formula is C25H31FN8O5. The van der Waals surface area contributed by atoms with Crippen molar-refractivity contribution in [2.24, 2.45) is 0 Å². The molecule has 14 heteroatoms. The summed E-state index contributed by atoms with van der Waals surface area (Å²) < 4.78 is 25.6. The molecular weight excluding hydrogens is 511 g/mol. The molecule has 0 bridgehead atoms. The fourth-order valence-corrected chi connectivity index (χ4v) is 4.82. The van der Waals surface area contributed by atoms with E-state index in [1.54, 1.807) is 4.90 Å². The first kappa shape index (κ1) is 27.6. The topological polar surface area (TPSA) is 170 Å². The van der Waals surface area contributed by atoms with Crippen LogP contribution in [0.4, 0.5) is 26.4 Å². The Bertz CT molecular complexity index is 1270. The van der Waals surface area contributed by atoms with Gasteiger partial charge in [0.2, 0.25) is 0 Å². The van der Waals surface area contributed by atoms with Crippen LogP contribution in [0.25, 0.3) is 0 Å². The number of likely N-dealkylation sites (tertiary alicyclic amines) is 1. The van der Waals surface area contributed by atoms with Crippen molar-refractivity contribution < 1.29 is 28.6 Å². The maximum absolute atomic E-state index is 14.5. The summed E-state index contributed by atoms with van der Waals surface area (Å²) in [6.07, 6.45) is 0.802. The molecule has 3 heterocycles. The van der Waals surface area contributed by atoms with Crippen LogP contribution in [0.15, 0.2) is 18.2 Å². The number of methoxy groups -OCH3 is 1. The van der Waals surface area contributed by atoms with Crippen molar-refractivity contribution >= 4 is 29.2 Å². The van der Waals surface area contributed by atoms with Crippen LogP contribution in [-0.4, -0.2) is 95.9 Å². The number of nitrogens with zero attached hydrogens (tertiary/aromatic N) is 6. The number of piperazine rings is 1. The monoisotopic (exact) mass is 542 g/mol. The average molecular weight is 543 g/mol. The highest BCUT2D eigenvalue weighted by Gasteiger charge is 2.33. The number of nitrogen functional groups attached to an aromatic ring is 1. The summed E-state index contributed by atoms with van der Waals surface area (Å²) in [4.78, 5) is 38.8. The van der Waals surface area contributed by atoms with Gasteiger partial charge < -0.3 is 40.3 Å². The number of nitrogens with two attached hydrogens (primary N) is 1. The van der Waals surface area contributed by atoms with Gasteiger partial charge in [0.15, 0.2) is 17.3 Å². The van der Waals surface area contributed by atoms with Gasteiger partial charge in [-0.25, -0.2) is 9.18 Å². The zero-order valence-electron chi connectivity index (χ0n) is 21.8. The Hall–Kier alpha value is -4.38. The number of carboxylic acid groups (broad SMARTS) is 1. The lowest BCUT2D eigenvalue weighted by molar-refractivity contribution is 0.102. The zero-order chi connectivity index (χ0) is 28.1. The van der Waals surface area contributed by atoms with Crippen molar-refractivity contribution in [2.75, 3.05) is 62.9 Å². The van der Waals surface area contributed by atoms with Gasteiger partial charge in [0.25, 0.3) is 5.91 Å². The van der Waals surface area contributed by atoms with Crippen molar-refractivity contribution in [1.82, 2.24) is 19.8 Å². The van der Waals surface area contributed by atoms with Crippen molar-refractivity contribution in [3.63, 3.8) is 0 Å². The van der Waals surface area contributed by atoms with E-state index in [-0.39, 0.29) is 73.4 Å². The molecule has 0 radical (unpaired) electrons. The molecule has 2 aliphatic heterocycles. The number of rotatable bonds is 8. The lowest BCUT2D eigenvalue weighted by Crippen LogP contribution is -2.55. The first-order valence-electron chi connectivity index (χ1n) is 12.5. The fourth-order valence-electron chi connectivity index (χ4n) is 4.82. The number of carbonyl (C=O) groups excluding carboxylic acids is 1. The van der Waals surface area contributed by atoms with Gasteiger partial charge in [0.05, 0.1) is 25.6 Å². The van der Waals surface area contributed by atoms with Crippen molar-refractivity contribution in [2.45, 2.75) is 31.3 Å². The molecule has 4 rings (SSSR count). The molecule has 0 saturated carbocycles. The molecule has 2 amide bonds. The van der Waals surface area contributed by atoms with Crippen LogP contribution in [0, 0.1) is 17.1 Å². The Balaban J connectivity index is 1.68. The number of benzene rings is 1. The summed E-state index contributed by atoms with van der Waals surface area (Å²) in [5, 5.41) is 21.3. The van der Waals surface area contributed by atoms with Crippen LogP contribution in [-0.2, 0) is 0 Å². The van der Waals surface area contributed by atoms with Crippen LogP contribution in [0.5, 0.6) is 11.8 Å². The molecule has 208 valence electrons. The highest BCUT2D eigenvalue weighted by atomic mass is 19.1. The van der Waals surface area contributed by atoms with Crippen LogP contribution >= 0.6 is 0 Å². The zero-order valence-corrected chi connectivity index (χ0v) is 21.8. The third-order valence-electron chi connectivity index (χ3n) is 6.99. The largest absolute Gasteiger partial charge is 0.494 e. The number of hydrogen-bond acceptors (Lipinski definition) is 10. The van der Waals surface area contributed by atoms with Crippen LogP contribution in [0.3, 0.4) is 0 Å². The van der Waals surface area contributed by atoms with E-state index in [1.165, 1.54) is 30.2 Å². The predicted octanol–water partition coefficient (Wildman–Crippen LogP) is 2.01. The Labute approximate surface area is 224 Å². The van der Waals surface area contributed by atoms with Gasteiger partial charge in [-0.3, -0.25) is 4.79 Å². The summed E-state index contributed by atoms with van der Waals surface area (Å²) in [6, 6.07) is 5.55. The van der Waals surface area contributed by atoms with E-state index in [1.807, 2.05) is 13.1 Å². The number of para-hydroxylation sites is 1. The molecule has 2 atom stereocenters. The third kappa shape index (κ3) is 6.04. The number of nitriles is 1. The van der Waals surface area contributed by atoms with Gasteiger partial charge in [-0.2, -0.15) is 15.2 Å². The molecule has 0 aliphatic carbocycles. The fraction of sp³-hybridized carbons (Fsp3) is 0.480. The second kappa shape index (κ2) is 12.0. The van der Waals surface area contributed by atoms with Gasteiger partial charge >= 0.3 is 12.1 Å². The van der Waals surface area contributed by atoms with Crippen molar-refractivity contribution in [1.29, 1.82) is 5.26 Å². The minimum atomic E-state index is -1.13. The van der Waals surface area contributed by atoms with Gasteiger partial charge in [0, 0.05) is 25.7 Å². The van der Waals surface area contributed by atoms with Gasteiger partial charge in [-0.05, 0) is 38.6 Å². The lowest BCUT2D eigenvalue weighted by atomic mass is 10.1. The first-order chi connectivity index (χ1) is 18.7. The number of hydrogen-bond donors (Lipinski definition) is 3. The maximum atomic E-state index is 14.5. The Morgan fingerprint density at radius 1 is 1.28 bits per heavy atom. The summed E-state index contributed by atoms with van der Waals surface area (Å²) in [5.41, 5.74) is 5.88. The molecule has 4 N–H and O–H groups in total. The summed E-state index contributed by atoms with van der Waals surface area (Å²) in [6.45, 7) is 1.65. The number of anilines is 3. The Morgan fingerprint density at radius 3 is 2.74 bits per heavy atom. The molecule has 0 spiro atoms. The van der Waals surface area contributed by atoms with Gasteiger partial charge in [0.1, 0.15) is 23.7 Å². The molecule has 2 fully saturated rings. The highest BCUT2D eigenvalue weighted by molar-refractivity contribution is 6.08. The van der Waals surface area contributed by atoms with Crippen LogP contribution < -0.4 is 25.4 Å². The first-order valence-corrected chi connectivity index (χ1v) is 12.5. The quantitative estimate of drug-likeness (QED) is 0.446. The normalized spacial score (nSPS) is 19.4. The molecule has 13 nitrogen and oxygen atoms in total. The number of aromatic nitrogens is 2. The predicted molar refractivity (Wildman–Crippen MR) is 139 cm³/mol. The van der Waals surface area contributed by atoms with E-state index in [4.69, 9.17) is 15.2 Å². The van der Waals surface area contributed by atoms with Crippen LogP contribution in [0.1, 0.15) is 29.8 Å². The number of ether oxygens (including phenoxy) is 2. The minimum Gasteiger partial charge on any atom is -0.494 e. The molecule has 2 saturated heterocycles. The van der Waals surface area contributed by atoms with Gasteiger partial charge in [-0.15, -0.1) is 0 Å². The van der Waals surface area contributed by atoms with Crippen LogP contribution in [0.2, 0.25) is 0 Å². The standard InChI is InChI=1S/C25H31FN8O5/c1-32-10-4-5-16(32)14-39-24-30-21(23(35)29-20-17(26)6-3-7-18(20)38-2)19(28)22(31-24)33-11-12-34(25(36)37)15(13-33)8-9-27/h3,6-7,15-16H,4-5,8,10-14,28H2,1-2H3,(H,29,35)(H,36,37)/t15-,16-/m0/s1. The highest BCUT2D eigenvalue weighted by Crippen LogP contribution is 2.32. The van der Waals surface area contributed by atoms with E-state index in [0.717, 1.165) is 19.4 Å². The van der Waals surface area contributed by atoms with E-state index in [2.05, 4.69) is 20.2 Å². The third-order valence-corrected chi connectivity index (χ3v) is 6.99. The lowest BCUT2D eigenvalue weighted by Gasteiger charge is -2.40. The Morgan fingerprint density at radius 2 is 2.08 bits per heavy atom. The number of nitrogens with one attached hydrogen (secondary N) is 1. The van der Waals surface area contributed by atoms with E-state index >= 15 is 0 Å². The summed E-state index contributed by atoms with van der Waals surface area (Å²) >= 11 is 0. The number of halogens is 1. The molecule has 0 unspecified atom stereocenters.